The highest BCUT2D eigenvalue weighted by molar-refractivity contribution is 5.94. The van der Waals surface area contributed by atoms with Gasteiger partial charge in [-0.15, -0.1) is 0 Å². The number of carbonyl (C=O) groups excluding carboxylic acids is 6. The van der Waals surface area contributed by atoms with Crippen LogP contribution in [0.15, 0.2) is 0 Å². The second-order valence-corrected chi connectivity index (χ2v) is 8.27. The topological polar surface area (TPSA) is 271 Å². The number of rotatable bonds is 15. The Kier molecular flexibility index (Phi) is 11.6. The quantitative estimate of drug-likeness (QED) is 0.116. The fraction of sp³-hybridized carbons (Fsp3) is 0.650. The monoisotopic (exact) mass is 499 g/mol. The molecule has 6 amide bonds. The van der Waals surface area contributed by atoms with Gasteiger partial charge < -0.3 is 43.6 Å². The smallest absolute Gasteiger partial charge is 0.326 e. The molecule has 0 aromatic heterocycles. The highest BCUT2D eigenvalue weighted by atomic mass is 16.4. The largest absolute Gasteiger partial charge is 0.480 e. The lowest BCUT2D eigenvalue weighted by Gasteiger charge is -2.28. The molecule has 4 atom stereocenters. The van der Waals surface area contributed by atoms with E-state index in [-0.39, 0.29) is 51.5 Å². The predicted octanol–water partition coefficient (Wildman–Crippen LogP) is -3.84. The predicted molar refractivity (Wildman–Crippen MR) is 119 cm³/mol. The van der Waals surface area contributed by atoms with Gasteiger partial charge in [0.15, 0.2) is 0 Å². The second kappa shape index (κ2) is 13.8. The average molecular weight is 500 g/mol. The molecular weight excluding hydrogens is 466 g/mol. The van der Waals surface area contributed by atoms with Crippen LogP contribution in [0.2, 0.25) is 0 Å². The van der Waals surface area contributed by atoms with Crippen molar-refractivity contribution in [2.24, 2.45) is 22.9 Å². The van der Waals surface area contributed by atoms with Crippen molar-refractivity contribution in [3.63, 3.8) is 0 Å². The number of aliphatic carboxylic acids is 1. The molecule has 0 aromatic carbocycles. The number of primary amides is 3. The molecule has 4 unspecified atom stereocenters. The summed E-state index contributed by atoms with van der Waals surface area (Å²) >= 11 is 0. The van der Waals surface area contributed by atoms with E-state index < -0.39 is 65.6 Å². The first-order valence-corrected chi connectivity index (χ1v) is 11.1. The van der Waals surface area contributed by atoms with Gasteiger partial charge in [-0.2, -0.15) is 0 Å². The Morgan fingerprint density at radius 2 is 1.34 bits per heavy atom. The van der Waals surface area contributed by atoms with Crippen LogP contribution in [-0.2, 0) is 33.6 Å². The Morgan fingerprint density at radius 1 is 0.829 bits per heavy atom. The van der Waals surface area contributed by atoms with Gasteiger partial charge in [0.05, 0.1) is 6.04 Å². The van der Waals surface area contributed by atoms with E-state index in [1.165, 1.54) is 4.90 Å². The van der Waals surface area contributed by atoms with Gasteiger partial charge in [0.2, 0.25) is 35.4 Å². The van der Waals surface area contributed by atoms with E-state index in [1.54, 1.807) is 0 Å². The lowest BCUT2D eigenvalue weighted by atomic mass is 10.1. The molecule has 11 N–H and O–H groups in total. The van der Waals surface area contributed by atoms with E-state index in [0.717, 1.165) is 0 Å². The summed E-state index contributed by atoms with van der Waals surface area (Å²) in [4.78, 5) is 84.2. The van der Waals surface area contributed by atoms with Crippen molar-refractivity contribution in [1.29, 1.82) is 0 Å². The van der Waals surface area contributed by atoms with Crippen LogP contribution in [0, 0.1) is 0 Å². The molecule has 35 heavy (non-hydrogen) atoms. The molecule has 0 saturated carbocycles. The molecule has 0 spiro atoms. The lowest BCUT2D eigenvalue weighted by Crippen LogP contribution is -2.56. The molecule has 1 fully saturated rings. The van der Waals surface area contributed by atoms with Crippen LogP contribution in [0.3, 0.4) is 0 Å². The molecule has 1 aliphatic heterocycles. The number of carboxylic acids is 1. The number of nitrogens with one attached hydrogen (secondary N) is 2. The maximum atomic E-state index is 12.9. The Morgan fingerprint density at radius 3 is 1.86 bits per heavy atom. The molecule has 0 aromatic rings. The number of hydrogen-bond acceptors (Lipinski definition) is 8. The number of carbonyl (C=O) groups is 7. The zero-order chi connectivity index (χ0) is 26.7. The summed E-state index contributed by atoms with van der Waals surface area (Å²) in [7, 11) is 0. The van der Waals surface area contributed by atoms with Crippen molar-refractivity contribution in [3.8, 4) is 0 Å². The van der Waals surface area contributed by atoms with Crippen LogP contribution < -0.4 is 33.6 Å². The summed E-state index contributed by atoms with van der Waals surface area (Å²) in [5.74, 6) is -5.72. The molecule has 0 bridgehead atoms. The minimum Gasteiger partial charge on any atom is -0.480 e. The number of hydrogen-bond donors (Lipinski definition) is 7. The van der Waals surface area contributed by atoms with Gasteiger partial charge in [0.1, 0.15) is 18.1 Å². The maximum absolute atomic E-state index is 12.9. The third kappa shape index (κ3) is 9.95. The average Bonchev–Trinajstić information content (AvgIpc) is 3.26. The van der Waals surface area contributed by atoms with E-state index in [1.807, 2.05) is 0 Å². The van der Waals surface area contributed by atoms with Crippen LogP contribution in [0.4, 0.5) is 0 Å². The highest BCUT2D eigenvalue weighted by Gasteiger charge is 2.38. The standard InChI is InChI=1S/C20H33N7O8/c21-10(3-6-14(22)28)19(33)27-9-1-2-13(27)18(32)25-11(4-7-15(23)29)17(31)26-12(20(34)35)5-8-16(24)30/h10-13H,1-9,21H2,(H2,22,28)(H2,23,29)(H2,24,30)(H,25,32)(H,26,31)(H,34,35). The minimum atomic E-state index is -1.46. The number of likely N-dealkylation sites (tertiary alicyclic amines) is 1. The van der Waals surface area contributed by atoms with Crippen LogP contribution in [0.5, 0.6) is 0 Å². The molecule has 0 radical (unpaired) electrons. The van der Waals surface area contributed by atoms with Crippen molar-refractivity contribution in [2.45, 2.75) is 75.5 Å². The van der Waals surface area contributed by atoms with E-state index in [2.05, 4.69) is 10.6 Å². The Bertz CT molecular complexity index is 849. The molecule has 196 valence electrons. The fourth-order valence-corrected chi connectivity index (χ4v) is 3.58. The molecule has 15 heteroatoms. The molecular formula is C20H33N7O8. The molecule has 15 nitrogen and oxygen atoms in total. The van der Waals surface area contributed by atoms with E-state index in [0.29, 0.717) is 6.42 Å². The zero-order valence-electron chi connectivity index (χ0n) is 19.2. The summed E-state index contributed by atoms with van der Waals surface area (Å²) in [6.07, 6.45) is -0.431. The maximum Gasteiger partial charge on any atom is 0.326 e. The van der Waals surface area contributed by atoms with Crippen LogP contribution in [0.1, 0.15) is 51.4 Å². The fourth-order valence-electron chi connectivity index (χ4n) is 3.58. The summed E-state index contributed by atoms with van der Waals surface area (Å²) in [5.41, 5.74) is 21.1. The van der Waals surface area contributed by atoms with E-state index in [4.69, 9.17) is 22.9 Å². The first-order valence-electron chi connectivity index (χ1n) is 11.1. The molecule has 1 heterocycles. The van der Waals surface area contributed by atoms with Gasteiger partial charge in [-0.1, -0.05) is 0 Å². The van der Waals surface area contributed by atoms with Crippen LogP contribution in [0.25, 0.3) is 0 Å². The number of nitrogens with two attached hydrogens (primary N) is 4. The summed E-state index contributed by atoms with van der Waals surface area (Å²) in [6.45, 7) is 0.230. The number of carboxylic acid groups (broad SMARTS) is 1. The van der Waals surface area contributed by atoms with Crippen molar-refractivity contribution >= 4 is 41.4 Å². The van der Waals surface area contributed by atoms with E-state index in [9.17, 15) is 38.7 Å². The SMILES string of the molecule is NC(=O)CCC(N)C(=O)N1CCCC1C(=O)NC(CCC(N)=O)C(=O)NC(CCC(N)=O)C(=O)O. The van der Waals surface area contributed by atoms with Gasteiger partial charge in [0, 0.05) is 25.8 Å². The molecule has 1 rings (SSSR count). The zero-order valence-corrected chi connectivity index (χ0v) is 19.2. The lowest BCUT2D eigenvalue weighted by molar-refractivity contribution is -0.143. The third-order valence-corrected chi connectivity index (χ3v) is 5.46. The summed E-state index contributed by atoms with van der Waals surface area (Å²) in [6, 6.07) is -4.81. The first kappa shape index (κ1) is 29.3. The van der Waals surface area contributed by atoms with Crippen LogP contribution >= 0.6 is 0 Å². The van der Waals surface area contributed by atoms with Crippen LogP contribution in [-0.4, -0.2) is 82.1 Å². The third-order valence-electron chi connectivity index (χ3n) is 5.46. The number of nitrogens with zero attached hydrogens (tertiary/aromatic N) is 1. The molecule has 1 saturated heterocycles. The summed E-state index contributed by atoms with van der Waals surface area (Å²) < 4.78 is 0. The van der Waals surface area contributed by atoms with E-state index >= 15 is 0 Å². The minimum absolute atomic E-state index is 0.00449. The number of amides is 6. The Labute approximate surface area is 201 Å². The normalized spacial score (nSPS) is 17.6. The molecule has 0 aliphatic carbocycles. The van der Waals surface area contributed by atoms with Gasteiger partial charge in [-0.3, -0.25) is 28.8 Å². The molecule has 1 aliphatic rings. The first-order chi connectivity index (χ1) is 16.3. The van der Waals surface area contributed by atoms with Crippen molar-refractivity contribution in [3.05, 3.63) is 0 Å². The second-order valence-electron chi connectivity index (χ2n) is 8.27. The Hall–Kier alpha value is -3.75. The highest BCUT2D eigenvalue weighted by Crippen LogP contribution is 2.19. The van der Waals surface area contributed by atoms with Crippen molar-refractivity contribution < 1.29 is 38.7 Å². The Balaban J connectivity index is 2.92. The van der Waals surface area contributed by atoms with Crippen molar-refractivity contribution in [1.82, 2.24) is 15.5 Å². The van der Waals surface area contributed by atoms with Gasteiger partial charge in [-0.25, -0.2) is 4.79 Å². The summed E-state index contributed by atoms with van der Waals surface area (Å²) in [5, 5.41) is 14.0. The van der Waals surface area contributed by atoms with Gasteiger partial charge >= 0.3 is 5.97 Å². The van der Waals surface area contributed by atoms with Gasteiger partial charge in [0.25, 0.3) is 0 Å². The van der Waals surface area contributed by atoms with Crippen molar-refractivity contribution in [2.75, 3.05) is 6.54 Å². The van der Waals surface area contributed by atoms with Gasteiger partial charge in [-0.05, 0) is 32.1 Å².